The molecular weight excluding hydrogens is 281 g/mol. The molecule has 2 aromatic rings. The predicted octanol–water partition coefficient (Wildman–Crippen LogP) is 1.56. The molecule has 1 aromatic heterocycles. The van der Waals surface area contributed by atoms with Gasteiger partial charge in [0.1, 0.15) is 10.7 Å². The number of thiophene rings is 1. The fourth-order valence-electron chi connectivity index (χ4n) is 2.38. The number of halogens is 1. The van der Waals surface area contributed by atoms with E-state index in [1.807, 2.05) is 11.0 Å². The number of benzene rings is 1. The van der Waals surface area contributed by atoms with Crippen LogP contribution in [0.2, 0.25) is 0 Å². The van der Waals surface area contributed by atoms with Crippen LogP contribution in [0.4, 0.5) is 15.8 Å². The second kappa shape index (κ2) is 4.92. The molecule has 106 valence electrons. The van der Waals surface area contributed by atoms with E-state index in [1.54, 1.807) is 0 Å². The fraction of sp³-hybridized carbons (Fsp3) is 0.308. The van der Waals surface area contributed by atoms with Gasteiger partial charge in [0.25, 0.3) is 5.91 Å². The summed E-state index contributed by atoms with van der Waals surface area (Å²) in [5, 5.41) is 0.279. The lowest BCUT2D eigenvalue weighted by Crippen LogP contribution is -2.36. The van der Waals surface area contributed by atoms with Gasteiger partial charge in [0, 0.05) is 23.5 Å². The Morgan fingerprint density at radius 2 is 2.05 bits per heavy atom. The molecule has 0 bridgehead atoms. The topological polar surface area (TPSA) is 81.6 Å². The number of fused-ring (bicyclic) bond motifs is 1. The standard InChI is InChI=1S/C13H14FN3O2S/c14-8-5-7(17-1-3-19-4-2-17)6-9-10(8)11(15)12(20-9)13(16)18/h5-6H,1-4,15H2,(H2,16,18). The molecule has 0 radical (unpaired) electrons. The first-order chi connectivity index (χ1) is 9.58. The molecule has 0 unspecified atom stereocenters. The molecule has 4 N–H and O–H groups in total. The zero-order valence-electron chi connectivity index (χ0n) is 10.7. The Kier molecular flexibility index (Phi) is 3.23. The Morgan fingerprint density at radius 3 is 2.70 bits per heavy atom. The molecule has 5 nitrogen and oxygen atoms in total. The van der Waals surface area contributed by atoms with Crippen LogP contribution in [0.1, 0.15) is 9.67 Å². The van der Waals surface area contributed by atoms with Crippen LogP contribution in [0.25, 0.3) is 10.1 Å². The van der Waals surface area contributed by atoms with Gasteiger partial charge in [-0.05, 0) is 12.1 Å². The SMILES string of the molecule is NC(=O)c1sc2cc(N3CCOCC3)cc(F)c2c1N. The molecule has 1 amide bonds. The Morgan fingerprint density at radius 1 is 1.35 bits per heavy atom. The number of hydrogen-bond donors (Lipinski definition) is 2. The number of carbonyl (C=O) groups is 1. The monoisotopic (exact) mass is 295 g/mol. The van der Waals surface area contributed by atoms with Crippen LogP contribution < -0.4 is 16.4 Å². The first kappa shape index (κ1) is 13.1. The summed E-state index contributed by atoms with van der Waals surface area (Å²) >= 11 is 1.13. The van der Waals surface area contributed by atoms with Gasteiger partial charge in [-0.25, -0.2) is 4.39 Å². The van der Waals surface area contributed by atoms with Crippen molar-refractivity contribution in [1.29, 1.82) is 0 Å². The Balaban J connectivity index is 2.11. The summed E-state index contributed by atoms with van der Waals surface area (Å²) in [4.78, 5) is 13.5. The number of amides is 1. The second-order valence-electron chi connectivity index (χ2n) is 4.61. The average molecular weight is 295 g/mol. The summed E-state index contributed by atoms with van der Waals surface area (Å²) in [5.74, 6) is -1.05. The Bertz CT molecular complexity index is 680. The van der Waals surface area contributed by atoms with Crippen LogP contribution in [0.5, 0.6) is 0 Å². The molecule has 1 aliphatic heterocycles. The van der Waals surface area contributed by atoms with Crippen molar-refractivity contribution in [2.45, 2.75) is 0 Å². The van der Waals surface area contributed by atoms with Crippen molar-refractivity contribution in [3.63, 3.8) is 0 Å². The molecule has 0 saturated carbocycles. The minimum Gasteiger partial charge on any atom is -0.397 e. The van der Waals surface area contributed by atoms with Crippen molar-refractivity contribution in [2.24, 2.45) is 5.73 Å². The number of morpholine rings is 1. The summed E-state index contributed by atoms with van der Waals surface area (Å²) in [6.07, 6.45) is 0. The highest BCUT2D eigenvalue weighted by Crippen LogP contribution is 2.37. The zero-order chi connectivity index (χ0) is 14.3. The van der Waals surface area contributed by atoms with Gasteiger partial charge in [-0.2, -0.15) is 0 Å². The van der Waals surface area contributed by atoms with Crippen molar-refractivity contribution in [2.75, 3.05) is 36.9 Å². The van der Waals surface area contributed by atoms with Crippen molar-refractivity contribution in [3.05, 3.63) is 22.8 Å². The van der Waals surface area contributed by atoms with Crippen LogP contribution in [-0.2, 0) is 4.74 Å². The van der Waals surface area contributed by atoms with E-state index >= 15 is 0 Å². The first-order valence-corrected chi connectivity index (χ1v) is 7.03. The lowest BCUT2D eigenvalue weighted by molar-refractivity contribution is 0.100. The molecule has 1 saturated heterocycles. The van der Waals surface area contributed by atoms with Gasteiger partial charge in [0.2, 0.25) is 0 Å². The number of anilines is 2. The Labute approximate surface area is 118 Å². The van der Waals surface area contributed by atoms with Crippen LogP contribution in [-0.4, -0.2) is 32.2 Å². The summed E-state index contributed by atoms with van der Waals surface area (Å²) in [7, 11) is 0. The Hall–Kier alpha value is -1.86. The van der Waals surface area contributed by atoms with Crippen LogP contribution >= 0.6 is 11.3 Å². The average Bonchev–Trinajstić information content (AvgIpc) is 2.77. The van der Waals surface area contributed by atoms with E-state index in [9.17, 15) is 9.18 Å². The van der Waals surface area contributed by atoms with Gasteiger partial charge < -0.3 is 21.1 Å². The van der Waals surface area contributed by atoms with E-state index in [-0.39, 0.29) is 16.0 Å². The maximum absolute atomic E-state index is 14.3. The number of nitrogen functional groups attached to an aromatic ring is 1. The highest BCUT2D eigenvalue weighted by molar-refractivity contribution is 7.21. The molecule has 3 rings (SSSR count). The largest absolute Gasteiger partial charge is 0.397 e. The first-order valence-electron chi connectivity index (χ1n) is 6.22. The number of nitrogens with zero attached hydrogens (tertiary/aromatic N) is 1. The van der Waals surface area contributed by atoms with E-state index in [0.29, 0.717) is 31.0 Å². The highest BCUT2D eigenvalue weighted by Gasteiger charge is 2.20. The highest BCUT2D eigenvalue weighted by atomic mass is 32.1. The van der Waals surface area contributed by atoms with Gasteiger partial charge in [-0.3, -0.25) is 4.79 Å². The van der Waals surface area contributed by atoms with E-state index in [2.05, 4.69) is 0 Å². The van der Waals surface area contributed by atoms with Gasteiger partial charge in [0.15, 0.2) is 0 Å². The van der Waals surface area contributed by atoms with Crippen LogP contribution in [0, 0.1) is 5.82 Å². The molecule has 0 spiro atoms. The number of ether oxygens (including phenoxy) is 1. The maximum Gasteiger partial charge on any atom is 0.260 e. The van der Waals surface area contributed by atoms with Crippen LogP contribution in [0.15, 0.2) is 12.1 Å². The van der Waals surface area contributed by atoms with E-state index in [4.69, 9.17) is 16.2 Å². The van der Waals surface area contributed by atoms with Gasteiger partial charge in [-0.15, -0.1) is 11.3 Å². The third kappa shape index (κ3) is 2.08. The molecule has 1 aromatic carbocycles. The number of carbonyl (C=O) groups excluding carboxylic acids is 1. The van der Waals surface area contributed by atoms with Crippen molar-refractivity contribution in [1.82, 2.24) is 0 Å². The van der Waals surface area contributed by atoms with E-state index in [0.717, 1.165) is 17.0 Å². The van der Waals surface area contributed by atoms with Gasteiger partial charge in [-0.1, -0.05) is 0 Å². The third-order valence-corrected chi connectivity index (χ3v) is 4.53. The lowest BCUT2D eigenvalue weighted by atomic mass is 10.1. The molecule has 0 atom stereocenters. The van der Waals surface area contributed by atoms with Crippen molar-refractivity contribution in [3.8, 4) is 0 Å². The molecule has 1 fully saturated rings. The second-order valence-corrected chi connectivity index (χ2v) is 5.66. The number of primary amides is 1. The maximum atomic E-state index is 14.3. The minimum absolute atomic E-state index is 0.128. The minimum atomic E-state index is -0.629. The molecular formula is C13H14FN3O2S. The van der Waals surface area contributed by atoms with Crippen molar-refractivity contribution >= 4 is 38.7 Å². The number of rotatable bonds is 2. The zero-order valence-corrected chi connectivity index (χ0v) is 11.5. The normalized spacial score (nSPS) is 15.8. The third-order valence-electron chi connectivity index (χ3n) is 3.36. The summed E-state index contributed by atoms with van der Waals surface area (Å²) in [5.41, 5.74) is 12.0. The molecule has 7 heteroatoms. The smallest absolute Gasteiger partial charge is 0.260 e. The summed E-state index contributed by atoms with van der Waals surface area (Å²) < 4.78 is 20.2. The number of hydrogen-bond acceptors (Lipinski definition) is 5. The van der Waals surface area contributed by atoms with E-state index < -0.39 is 11.7 Å². The predicted molar refractivity (Wildman–Crippen MR) is 77.7 cm³/mol. The van der Waals surface area contributed by atoms with Crippen LogP contribution in [0.3, 0.4) is 0 Å². The summed E-state index contributed by atoms with van der Waals surface area (Å²) in [6.45, 7) is 2.68. The van der Waals surface area contributed by atoms with Gasteiger partial charge in [0.05, 0.1) is 24.3 Å². The quantitative estimate of drug-likeness (QED) is 0.881. The summed E-state index contributed by atoms with van der Waals surface area (Å²) in [6, 6.07) is 3.29. The molecule has 2 heterocycles. The van der Waals surface area contributed by atoms with Crippen molar-refractivity contribution < 1.29 is 13.9 Å². The molecule has 1 aliphatic rings. The molecule has 20 heavy (non-hydrogen) atoms. The molecule has 0 aliphatic carbocycles. The van der Waals surface area contributed by atoms with E-state index in [1.165, 1.54) is 6.07 Å². The number of nitrogens with two attached hydrogens (primary N) is 2. The van der Waals surface area contributed by atoms with Gasteiger partial charge >= 0.3 is 0 Å². The fourth-order valence-corrected chi connectivity index (χ4v) is 3.40. The lowest BCUT2D eigenvalue weighted by Gasteiger charge is -2.28.